The molecule has 1 aliphatic rings. The van der Waals surface area contributed by atoms with E-state index in [1.807, 2.05) is 12.4 Å². The Labute approximate surface area is 88.1 Å². The summed E-state index contributed by atoms with van der Waals surface area (Å²) in [6.45, 7) is 3.07. The number of rotatable bonds is 1. The first kappa shape index (κ1) is 8.88. The molecule has 0 radical (unpaired) electrons. The Hall–Kier alpha value is -1.39. The molecule has 0 spiro atoms. The normalized spacial score (nSPS) is 22.0. The molecule has 4 nitrogen and oxygen atoms in total. The molecule has 0 saturated carbocycles. The Morgan fingerprint density at radius 1 is 1.27 bits per heavy atom. The van der Waals surface area contributed by atoms with Crippen molar-refractivity contribution in [3.8, 4) is 0 Å². The first-order valence-corrected chi connectivity index (χ1v) is 5.31. The molecule has 2 aromatic heterocycles. The molecule has 3 rings (SSSR count). The van der Waals surface area contributed by atoms with E-state index in [9.17, 15) is 0 Å². The minimum Gasteiger partial charge on any atom is -0.346 e. The first-order valence-electron chi connectivity index (χ1n) is 5.31. The van der Waals surface area contributed by atoms with Crippen LogP contribution in [0.5, 0.6) is 0 Å². The minimum absolute atomic E-state index is 0.403. The quantitative estimate of drug-likeness (QED) is 0.641. The molecular weight excluding hydrogens is 188 g/mol. The van der Waals surface area contributed by atoms with Gasteiger partial charge in [-0.05, 0) is 17.7 Å². The van der Waals surface area contributed by atoms with Gasteiger partial charge in [-0.2, -0.15) is 0 Å². The van der Waals surface area contributed by atoms with Gasteiger partial charge in [0.15, 0.2) is 0 Å². The molecule has 3 N–H and O–H groups in total. The van der Waals surface area contributed by atoms with Gasteiger partial charge in [0.2, 0.25) is 0 Å². The zero-order chi connectivity index (χ0) is 10.1. The van der Waals surface area contributed by atoms with Crippen molar-refractivity contribution in [2.24, 2.45) is 0 Å². The lowest BCUT2D eigenvalue weighted by atomic mass is 10.0. The van der Waals surface area contributed by atoms with Crippen LogP contribution in [0, 0.1) is 0 Å². The molecule has 1 atom stereocenters. The maximum absolute atomic E-state index is 4.29. The third-order valence-corrected chi connectivity index (χ3v) is 2.91. The molecule has 1 unspecified atom stereocenters. The molecule has 4 heteroatoms. The van der Waals surface area contributed by atoms with Crippen LogP contribution in [0.2, 0.25) is 0 Å². The summed E-state index contributed by atoms with van der Waals surface area (Å²) in [6.07, 6.45) is 3.81. The van der Waals surface area contributed by atoms with Crippen LogP contribution < -0.4 is 10.6 Å². The summed E-state index contributed by atoms with van der Waals surface area (Å²) >= 11 is 0. The Morgan fingerprint density at radius 2 is 2.27 bits per heavy atom. The lowest BCUT2D eigenvalue weighted by Gasteiger charge is -2.25. The number of fused-ring (bicyclic) bond motifs is 1. The molecule has 3 heterocycles. The molecular formula is C11H14N4. The maximum atomic E-state index is 4.29. The fourth-order valence-electron chi connectivity index (χ4n) is 2.16. The summed E-state index contributed by atoms with van der Waals surface area (Å²) in [6, 6.07) is 4.59. The molecule has 0 amide bonds. The third kappa shape index (κ3) is 1.52. The van der Waals surface area contributed by atoms with Crippen molar-refractivity contribution in [1.82, 2.24) is 20.6 Å². The topological polar surface area (TPSA) is 52.7 Å². The molecule has 1 saturated heterocycles. The van der Waals surface area contributed by atoms with Crippen molar-refractivity contribution in [2.75, 3.05) is 19.6 Å². The summed E-state index contributed by atoms with van der Waals surface area (Å²) in [4.78, 5) is 7.43. The van der Waals surface area contributed by atoms with Crippen molar-refractivity contribution in [3.63, 3.8) is 0 Å². The van der Waals surface area contributed by atoms with E-state index in [1.54, 1.807) is 0 Å². The minimum atomic E-state index is 0.403. The van der Waals surface area contributed by atoms with E-state index in [1.165, 1.54) is 10.9 Å². The van der Waals surface area contributed by atoms with Gasteiger partial charge in [0.1, 0.15) is 5.65 Å². The van der Waals surface area contributed by atoms with Gasteiger partial charge in [-0.25, -0.2) is 4.98 Å². The third-order valence-electron chi connectivity index (χ3n) is 2.91. The number of aromatic amines is 1. The highest BCUT2D eigenvalue weighted by molar-refractivity contribution is 5.79. The van der Waals surface area contributed by atoms with Crippen LogP contribution >= 0.6 is 0 Å². The van der Waals surface area contributed by atoms with Crippen molar-refractivity contribution in [3.05, 3.63) is 30.1 Å². The van der Waals surface area contributed by atoms with E-state index in [0.29, 0.717) is 6.04 Å². The first-order chi connectivity index (χ1) is 7.45. The Balaban J connectivity index is 2.05. The van der Waals surface area contributed by atoms with E-state index < -0.39 is 0 Å². The SMILES string of the molecule is c1cc(C2CNCCN2)c2cc[nH]c2n1. The van der Waals surface area contributed by atoms with Gasteiger partial charge >= 0.3 is 0 Å². The van der Waals surface area contributed by atoms with Crippen molar-refractivity contribution in [2.45, 2.75) is 6.04 Å². The smallest absolute Gasteiger partial charge is 0.137 e. The summed E-state index contributed by atoms with van der Waals surface area (Å²) in [5.41, 5.74) is 2.30. The van der Waals surface area contributed by atoms with Gasteiger partial charge in [-0.1, -0.05) is 0 Å². The maximum Gasteiger partial charge on any atom is 0.137 e. The van der Waals surface area contributed by atoms with Crippen LogP contribution in [-0.2, 0) is 0 Å². The number of nitrogens with zero attached hydrogens (tertiary/aromatic N) is 1. The summed E-state index contributed by atoms with van der Waals surface area (Å²) in [5.74, 6) is 0. The van der Waals surface area contributed by atoms with E-state index in [4.69, 9.17) is 0 Å². The lowest BCUT2D eigenvalue weighted by Crippen LogP contribution is -2.42. The van der Waals surface area contributed by atoms with Crippen LogP contribution in [0.3, 0.4) is 0 Å². The second-order valence-corrected chi connectivity index (χ2v) is 3.85. The van der Waals surface area contributed by atoms with Gasteiger partial charge in [0, 0.05) is 43.5 Å². The number of hydrogen-bond acceptors (Lipinski definition) is 3. The van der Waals surface area contributed by atoms with E-state index in [2.05, 4.69) is 32.7 Å². The number of H-pyrrole nitrogens is 1. The number of nitrogens with one attached hydrogen (secondary N) is 3. The zero-order valence-electron chi connectivity index (χ0n) is 8.46. The summed E-state index contributed by atoms with van der Waals surface area (Å²) in [7, 11) is 0. The van der Waals surface area contributed by atoms with Crippen LogP contribution in [0.4, 0.5) is 0 Å². The van der Waals surface area contributed by atoms with Gasteiger partial charge < -0.3 is 15.6 Å². The Kier molecular flexibility index (Phi) is 2.16. The molecule has 0 bridgehead atoms. The number of pyridine rings is 1. The van der Waals surface area contributed by atoms with E-state index in [-0.39, 0.29) is 0 Å². The van der Waals surface area contributed by atoms with E-state index in [0.717, 1.165) is 25.3 Å². The van der Waals surface area contributed by atoms with Crippen LogP contribution in [0.25, 0.3) is 11.0 Å². The average Bonchev–Trinajstić information content (AvgIpc) is 2.78. The number of hydrogen-bond donors (Lipinski definition) is 3. The lowest BCUT2D eigenvalue weighted by molar-refractivity contribution is 0.432. The summed E-state index contributed by atoms with van der Waals surface area (Å²) in [5, 5.41) is 8.13. The molecule has 1 aliphatic heterocycles. The second-order valence-electron chi connectivity index (χ2n) is 3.85. The highest BCUT2D eigenvalue weighted by atomic mass is 15.1. The average molecular weight is 202 g/mol. The molecule has 78 valence electrons. The van der Waals surface area contributed by atoms with Crippen LogP contribution in [-0.4, -0.2) is 29.6 Å². The fraction of sp³-hybridized carbons (Fsp3) is 0.364. The van der Waals surface area contributed by atoms with Gasteiger partial charge in [0.05, 0.1) is 0 Å². The largest absolute Gasteiger partial charge is 0.346 e. The molecule has 1 fully saturated rings. The highest BCUT2D eigenvalue weighted by Crippen LogP contribution is 2.22. The molecule has 0 aliphatic carbocycles. The fourth-order valence-corrected chi connectivity index (χ4v) is 2.16. The van der Waals surface area contributed by atoms with Crippen molar-refractivity contribution >= 4 is 11.0 Å². The predicted molar refractivity (Wildman–Crippen MR) is 59.7 cm³/mol. The molecule has 2 aromatic rings. The Bertz CT molecular complexity index is 456. The van der Waals surface area contributed by atoms with Crippen LogP contribution in [0.1, 0.15) is 11.6 Å². The monoisotopic (exact) mass is 202 g/mol. The van der Waals surface area contributed by atoms with Gasteiger partial charge in [0.25, 0.3) is 0 Å². The number of piperazine rings is 1. The predicted octanol–water partition coefficient (Wildman–Crippen LogP) is 0.797. The standard InChI is InChI=1S/C11H14N4/c1-3-14-11-9(2-4-15-11)8(1)10-7-12-5-6-13-10/h1-4,10,12-13H,5-7H2,(H,14,15). The number of aromatic nitrogens is 2. The molecule has 15 heavy (non-hydrogen) atoms. The Morgan fingerprint density at radius 3 is 3.13 bits per heavy atom. The zero-order valence-corrected chi connectivity index (χ0v) is 8.46. The summed E-state index contributed by atoms with van der Waals surface area (Å²) < 4.78 is 0. The van der Waals surface area contributed by atoms with Crippen molar-refractivity contribution in [1.29, 1.82) is 0 Å². The van der Waals surface area contributed by atoms with Crippen molar-refractivity contribution < 1.29 is 0 Å². The van der Waals surface area contributed by atoms with Gasteiger partial charge in [-0.3, -0.25) is 0 Å². The molecule has 0 aromatic carbocycles. The second kappa shape index (κ2) is 3.64. The van der Waals surface area contributed by atoms with Crippen LogP contribution in [0.15, 0.2) is 24.5 Å². The van der Waals surface area contributed by atoms with E-state index >= 15 is 0 Å². The van der Waals surface area contributed by atoms with Gasteiger partial charge in [-0.15, -0.1) is 0 Å². The highest BCUT2D eigenvalue weighted by Gasteiger charge is 2.16.